The van der Waals surface area contributed by atoms with Crippen LogP contribution < -0.4 is 4.74 Å². The van der Waals surface area contributed by atoms with E-state index in [1.165, 1.54) is 16.7 Å². The van der Waals surface area contributed by atoms with Crippen LogP contribution >= 0.6 is 0 Å². The molecule has 0 fully saturated rings. The average molecular weight is 383 g/mol. The first-order valence-electron chi connectivity index (χ1n) is 9.94. The van der Waals surface area contributed by atoms with Gasteiger partial charge in [0, 0.05) is 16.3 Å². The van der Waals surface area contributed by atoms with Gasteiger partial charge in [-0.2, -0.15) is 0 Å². The lowest BCUT2D eigenvalue weighted by Crippen LogP contribution is -2.10. The van der Waals surface area contributed by atoms with Crippen LogP contribution in [-0.4, -0.2) is 10.2 Å². The van der Waals surface area contributed by atoms with E-state index in [2.05, 4.69) is 81.2 Å². The smallest absolute Gasteiger partial charge is 0.246 e. The van der Waals surface area contributed by atoms with Crippen LogP contribution in [0.1, 0.15) is 37.5 Å². The zero-order valence-electron chi connectivity index (χ0n) is 17.7. The lowest BCUT2D eigenvalue weighted by Gasteiger charge is -2.19. The highest BCUT2D eigenvalue weighted by atomic mass is 16.5. The minimum Gasteiger partial charge on any atom is -0.437 e. The molecule has 1 aromatic heterocycles. The highest BCUT2D eigenvalue weighted by Crippen LogP contribution is 2.34. The summed E-state index contributed by atoms with van der Waals surface area (Å²) in [6.07, 6.45) is 0. The van der Waals surface area contributed by atoms with Crippen LogP contribution in [0.3, 0.4) is 0 Å². The molecule has 4 rings (SSSR count). The molecule has 29 heavy (non-hydrogen) atoms. The molecular formula is C26H26N2O. The lowest BCUT2D eigenvalue weighted by molar-refractivity contribution is 0.461. The highest BCUT2D eigenvalue weighted by molar-refractivity contribution is 5.97. The van der Waals surface area contributed by atoms with E-state index < -0.39 is 0 Å². The molecule has 0 saturated heterocycles. The molecule has 3 heteroatoms. The molecule has 146 valence electrons. The third-order valence-corrected chi connectivity index (χ3v) is 5.37. The van der Waals surface area contributed by atoms with Crippen molar-refractivity contribution in [1.29, 1.82) is 0 Å². The number of hydrogen-bond donors (Lipinski definition) is 0. The van der Waals surface area contributed by atoms with E-state index in [9.17, 15) is 0 Å². The number of ether oxygens (including phenoxy) is 1. The first-order valence-corrected chi connectivity index (χ1v) is 9.94. The predicted octanol–water partition coefficient (Wildman–Crippen LogP) is 7.00. The standard InChI is InChI=1S/C26H26N2O/c1-17-10-11-19(16-18(17)2)24-22-8-6-7-9-23(22)25(28-27-24)29-21-14-12-20(13-15-21)26(3,4)5/h6-16H,1-5H3. The summed E-state index contributed by atoms with van der Waals surface area (Å²) in [4.78, 5) is 0. The van der Waals surface area contributed by atoms with Crippen molar-refractivity contribution in [3.8, 4) is 22.9 Å². The lowest BCUT2D eigenvalue weighted by atomic mass is 9.87. The number of hydrogen-bond acceptors (Lipinski definition) is 3. The van der Waals surface area contributed by atoms with Gasteiger partial charge in [-0.25, -0.2) is 0 Å². The fourth-order valence-electron chi connectivity index (χ4n) is 3.39. The maximum Gasteiger partial charge on any atom is 0.246 e. The van der Waals surface area contributed by atoms with Gasteiger partial charge in [0.05, 0.1) is 0 Å². The second-order valence-electron chi connectivity index (χ2n) is 8.57. The number of aryl methyl sites for hydroxylation is 2. The van der Waals surface area contributed by atoms with Crippen LogP contribution in [0.15, 0.2) is 66.7 Å². The quantitative estimate of drug-likeness (QED) is 0.382. The van der Waals surface area contributed by atoms with E-state index in [0.29, 0.717) is 5.88 Å². The van der Waals surface area contributed by atoms with Gasteiger partial charge in [0.15, 0.2) is 0 Å². The molecule has 0 unspecified atom stereocenters. The van der Waals surface area contributed by atoms with Crippen LogP contribution in [0.4, 0.5) is 0 Å². The van der Waals surface area contributed by atoms with E-state index in [1.807, 2.05) is 30.3 Å². The molecular weight excluding hydrogens is 356 g/mol. The van der Waals surface area contributed by atoms with Gasteiger partial charge in [0.25, 0.3) is 0 Å². The van der Waals surface area contributed by atoms with Gasteiger partial charge < -0.3 is 4.74 Å². The highest BCUT2D eigenvalue weighted by Gasteiger charge is 2.15. The fourth-order valence-corrected chi connectivity index (χ4v) is 3.39. The number of aromatic nitrogens is 2. The third-order valence-electron chi connectivity index (χ3n) is 5.37. The molecule has 0 atom stereocenters. The van der Waals surface area contributed by atoms with Crippen molar-refractivity contribution in [3.63, 3.8) is 0 Å². The van der Waals surface area contributed by atoms with Crippen LogP contribution in [0, 0.1) is 13.8 Å². The van der Waals surface area contributed by atoms with E-state index in [1.54, 1.807) is 0 Å². The Hall–Kier alpha value is -3.20. The molecule has 0 radical (unpaired) electrons. The number of benzene rings is 3. The molecule has 0 spiro atoms. The molecule has 0 N–H and O–H groups in total. The molecule has 0 saturated carbocycles. The van der Waals surface area contributed by atoms with E-state index >= 15 is 0 Å². The molecule has 0 amide bonds. The third kappa shape index (κ3) is 3.86. The van der Waals surface area contributed by atoms with Crippen LogP contribution in [0.25, 0.3) is 22.0 Å². The Morgan fingerprint density at radius 1 is 0.724 bits per heavy atom. The normalized spacial score (nSPS) is 11.6. The molecule has 0 bridgehead atoms. The van der Waals surface area contributed by atoms with Crippen molar-refractivity contribution in [1.82, 2.24) is 10.2 Å². The van der Waals surface area contributed by atoms with Gasteiger partial charge in [0.1, 0.15) is 11.4 Å². The first-order chi connectivity index (χ1) is 13.8. The van der Waals surface area contributed by atoms with Gasteiger partial charge in [-0.15, -0.1) is 10.2 Å². The molecule has 4 aromatic rings. The summed E-state index contributed by atoms with van der Waals surface area (Å²) >= 11 is 0. The summed E-state index contributed by atoms with van der Waals surface area (Å²) < 4.78 is 6.12. The zero-order valence-corrected chi connectivity index (χ0v) is 17.7. The van der Waals surface area contributed by atoms with Crippen molar-refractivity contribution in [2.75, 3.05) is 0 Å². The number of fused-ring (bicyclic) bond motifs is 1. The molecule has 1 heterocycles. The van der Waals surface area contributed by atoms with Crippen molar-refractivity contribution in [2.45, 2.75) is 40.0 Å². The minimum absolute atomic E-state index is 0.110. The zero-order chi connectivity index (χ0) is 20.6. The van der Waals surface area contributed by atoms with Crippen molar-refractivity contribution >= 4 is 10.8 Å². The van der Waals surface area contributed by atoms with E-state index in [-0.39, 0.29) is 5.41 Å². The topological polar surface area (TPSA) is 35.0 Å². The number of rotatable bonds is 3. The summed E-state index contributed by atoms with van der Waals surface area (Å²) in [6, 6.07) is 22.7. The largest absolute Gasteiger partial charge is 0.437 e. The minimum atomic E-state index is 0.110. The van der Waals surface area contributed by atoms with Crippen molar-refractivity contribution in [3.05, 3.63) is 83.4 Å². The second kappa shape index (κ2) is 7.32. The Labute approximate surface area is 172 Å². The van der Waals surface area contributed by atoms with Gasteiger partial charge in [-0.05, 0) is 60.2 Å². The van der Waals surface area contributed by atoms with Crippen LogP contribution in [0.5, 0.6) is 11.6 Å². The molecule has 3 nitrogen and oxygen atoms in total. The van der Waals surface area contributed by atoms with Gasteiger partial charge in [0.2, 0.25) is 5.88 Å². The molecule has 3 aromatic carbocycles. The Bertz CT molecular complexity index is 1170. The monoisotopic (exact) mass is 382 g/mol. The number of nitrogens with zero attached hydrogens (tertiary/aromatic N) is 2. The van der Waals surface area contributed by atoms with Crippen molar-refractivity contribution < 1.29 is 4.74 Å². The molecule has 0 aliphatic rings. The average Bonchev–Trinajstić information content (AvgIpc) is 2.70. The maximum absolute atomic E-state index is 6.12. The first kappa shape index (κ1) is 19.1. The summed E-state index contributed by atoms with van der Waals surface area (Å²) in [7, 11) is 0. The van der Waals surface area contributed by atoms with Crippen LogP contribution in [-0.2, 0) is 5.41 Å². The van der Waals surface area contributed by atoms with Gasteiger partial charge in [-0.1, -0.05) is 63.2 Å². The Balaban J connectivity index is 1.74. The summed E-state index contributed by atoms with van der Waals surface area (Å²) in [6.45, 7) is 10.8. The van der Waals surface area contributed by atoms with Gasteiger partial charge >= 0.3 is 0 Å². The van der Waals surface area contributed by atoms with E-state index in [4.69, 9.17) is 4.74 Å². The molecule has 0 aliphatic heterocycles. The summed E-state index contributed by atoms with van der Waals surface area (Å²) in [5.41, 5.74) is 5.83. The fraction of sp³-hybridized carbons (Fsp3) is 0.231. The second-order valence-corrected chi connectivity index (χ2v) is 8.57. The Morgan fingerprint density at radius 2 is 1.41 bits per heavy atom. The maximum atomic E-state index is 6.12. The van der Waals surface area contributed by atoms with E-state index in [0.717, 1.165) is 27.8 Å². The predicted molar refractivity (Wildman–Crippen MR) is 120 cm³/mol. The van der Waals surface area contributed by atoms with Crippen molar-refractivity contribution in [2.24, 2.45) is 0 Å². The summed E-state index contributed by atoms with van der Waals surface area (Å²) in [5.74, 6) is 1.29. The Morgan fingerprint density at radius 3 is 2.07 bits per heavy atom. The Kier molecular flexibility index (Phi) is 4.83. The van der Waals surface area contributed by atoms with Crippen LogP contribution in [0.2, 0.25) is 0 Å². The molecule has 0 aliphatic carbocycles. The SMILES string of the molecule is Cc1ccc(-c2nnc(Oc3ccc(C(C)(C)C)cc3)c3ccccc23)cc1C. The van der Waals surface area contributed by atoms with Gasteiger partial charge in [-0.3, -0.25) is 0 Å². The summed E-state index contributed by atoms with van der Waals surface area (Å²) in [5, 5.41) is 10.9.